The summed E-state index contributed by atoms with van der Waals surface area (Å²) in [5.41, 5.74) is 6.93. The van der Waals surface area contributed by atoms with E-state index >= 15 is 0 Å². The van der Waals surface area contributed by atoms with Crippen molar-refractivity contribution in [1.29, 1.82) is 0 Å². The molecule has 0 saturated carbocycles. The van der Waals surface area contributed by atoms with Crippen LogP contribution in [-0.4, -0.2) is 42.5 Å². The summed E-state index contributed by atoms with van der Waals surface area (Å²) < 4.78 is 14.2. The molecule has 1 saturated heterocycles. The summed E-state index contributed by atoms with van der Waals surface area (Å²) >= 11 is 0. The van der Waals surface area contributed by atoms with Gasteiger partial charge in [0.2, 0.25) is 0 Å². The summed E-state index contributed by atoms with van der Waals surface area (Å²) in [6.07, 6.45) is 1.14. The lowest BCUT2D eigenvalue weighted by molar-refractivity contribution is 0.192. The fourth-order valence-corrected chi connectivity index (χ4v) is 2.79. The van der Waals surface area contributed by atoms with Gasteiger partial charge in [-0.05, 0) is 26.9 Å². The summed E-state index contributed by atoms with van der Waals surface area (Å²) in [4.78, 5) is 4.71. The highest BCUT2D eigenvalue weighted by Gasteiger charge is 2.20. The molecule has 0 aliphatic carbocycles. The maximum Gasteiger partial charge on any atom is 0.132 e. The standard InChI is InChI=1S/C15H24FN3/c1-12-10-18(2)7-4-8-19(12)11-14-6-3-5-13(9-17)15(14)16/h3,5-6,12H,4,7-11,17H2,1-2H3. The molecule has 1 aliphatic heterocycles. The number of benzene rings is 1. The number of halogens is 1. The molecule has 1 fully saturated rings. The molecule has 0 bridgehead atoms. The minimum Gasteiger partial charge on any atom is -0.326 e. The lowest BCUT2D eigenvalue weighted by Crippen LogP contribution is -2.37. The number of hydrogen-bond acceptors (Lipinski definition) is 3. The van der Waals surface area contributed by atoms with Crippen LogP contribution < -0.4 is 5.73 Å². The van der Waals surface area contributed by atoms with Gasteiger partial charge in [-0.15, -0.1) is 0 Å². The number of likely N-dealkylation sites (N-methyl/N-ethyl adjacent to an activating group) is 1. The van der Waals surface area contributed by atoms with Crippen LogP contribution in [0.1, 0.15) is 24.5 Å². The van der Waals surface area contributed by atoms with Crippen molar-refractivity contribution in [3.05, 3.63) is 35.1 Å². The van der Waals surface area contributed by atoms with Crippen molar-refractivity contribution in [3.63, 3.8) is 0 Å². The number of nitrogens with zero attached hydrogens (tertiary/aromatic N) is 2. The fraction of sp³-hybridized carbons (Fsp3) is 0.600. The Morgan fingerprint density at radius 1 is 1.32 bits per heavy atom. The topological polar surface area (TPSA) is 32.5 Å². The molecule has 4 heteroatoms. The van der Waals surface area contributed by atoms with Crippen LogP contribution in [-0.2, 0) is 13.1 Å². The first-order valence-corrected chi connectivity index (χ1v) is 7.00. The molecule has 1 aromatic carbocycles. The zero-order valence-electron chi connectivity index (χ0n) is 11.9. The van der Waals surface area contributed by atoms with Crippen LogP contribution in [0.25, 0.3) is 0 Å². The molecule has 1 aliphatic rings. The predicted molar refractivity (Wildman–Crippen MR) is 76.3 cm³/mol. The highest BCUT2D eigenvalue weighted by Crippen LogP contribution is 2.18. The van der Waals surface area contributed by atoms with Crippen molar-refractivity contribution in [2.24, 2.45) is 5.73 Å². The maximum absolute atomic E-state index is 14.2. The Bertz CT molecular complexity index is 422. The van der Waals surface area contributed by atoms with E-state index in [-0.39, 0.29) is 12.4 Å². The van der Waals surface area contributed by atoms with Crippen molar-refractivity contribution in [3.8, 4) is 0 Å². The lowest BCUT2D eigenvalue weighted by Gasteiger charge is -2.28. The average Bonchev–Trinajstić information content (AvgIpc) is 2.54. The van der Waals surface area contributed by atoms with E-state index in [4.69, 9.17) is 5.73 Å². The Balaban J connectivity index is 2.11. The van der Waals surface area contributed by atoms with Gasteiger partial charge in [0, 0.05) is 43.3 Å². The first-order valence-electron chi connectivity index (χ1n) is 7.00. The van der Waals surface area contributed by atoms with Crippen LogP contribution in [0.2, 0.25) is 0 Å². The number of rotatable bonds is 3. The van der Waals surface area contributed by atoms with Crippen molar-refractivity contribution in [2.45, 2.75) is 32.5 Å². The first-order chi connectivity index (χ1) is 9.11. The van der Waals surface area contributed by atoms with Crippen LogP contribution in [0, 0.1) is 5.82 Å². The second kappa shape index (κ2) is 6.46. The molecule has 0 radical (unpaired) electrons. The lowest BCUT2D eigenvalue weighted by atomic mass is 10.1. The van der Waals surface area contributed by atoms with E-state index in [1.165, 1.54) is 0 Å². The first kappa shape index (κ1) is 14.4. The van der Waals surface area contributed by atoms with Gasteiger partial charge >= 0.3 is 0 Å². The van der Waals surface area contributed by atoms with E-state index in [0.717, 1.165) is 31.6 Å². The zero-order chi connectivity index (χ0) is 13.8. The quantitative estimate of drug-likeness (QED) is 0.904. The molecule has 1 heterocycles. The van der Waals surface area contributed by atoms with Gasteiger partial charge in [-0.2, -0.15) is 0 Å². The van der Waals surface area contributed by atoms with Crippen molar-refractivity contribution < 1.29 is 4.39 Å². The van der Waals surface area contributed by atoms with Gasteiger partial charge in [-0.3, -0.25) is 4.90 Å². The molecule has 3 nitrogen and oxygen atoms in total. The van der Waals surface area contributed by atoms with Gasteiger partial charge in [0.15, 0.2) is 0 Å². The number of nitrogens with two attached hydrogens (primary N) is 1. The Labute approximate surface area is 115 Å². The molecule has 0 spiro atoms. The number of hydrogen-bond donors (Lipinski definition) is 1. The summed E-state index contributed by atoms with van der Waals surface area (Å²) in [5.74, 6) is -0.130. The third-order valence-electron chi connectivity index (χ3n) is 3.94. The Morgan fingerprint density at radius 2 is 2.05 bits per heavy atom. The highest BCUT2D eigenvalue weighted by molar-refractivity contribution is 5.26. The van der Waals surface area contributed by atoms with Crippen LogP contribution in [0.4, 0.5) is 4.39 Å². The normalized spacial score (nSPS) is 22.4. The third kappa shape index (κ3) is 3.53. The van der Waals surface area contributed by atoms with E-state index in [9.17, 15) is 4.39 Å². The van der Waals surface area contributed by atoms with E-state index in [0.29, 0.717) is 18.2 Å². The van der Waals surface area contributed by atoms with Crippen molar-refractivity contribution in [2.75, 3.05) is 26.7 Å². The molecule has 0 aromatic heterocycles. The molecular formula is C15H24FN3. The van der Waals surface area contributed by atoms with Gasteiger partial charge in [-0.25, -0.2) is 4.39 Å². The molecule has 1 atom stereocenters. The van der Waals surface area contributed by atoms with Gasteiger partial charge < -0.3 is 10.6 Å². The third-order valence-corrected chi connectivity index (χ3v) is 3.94. The zero-order valence-corrected chi connectivity index (χ0v) is 11.9. The summed E-state index contributed by atoms with van der Waals surface area (Å²) in [6, 6.07) is 5.98. The van der Waals surface area contributed by atoms with Crippen LogP contribution >= 0.6 is 0 Å². The highest BCUT2D eigenvalue weighted by atomic mass is 19.1. The summed E-state index contributed by atoms with van der Waals surface area (Å²) in [5, 5.41) is 0. The Kier molecular flexibility index (Phi) is 4.91. The molecule has 19 heavy (non-hydrogen) atoms. The average molecular weight is 265 g/mol. The van der Waals surface area contributed by atoms with Gasteiger partial charge in [-0.1, -0.05) is 18.2 Å². The Morgan fingerprint density at radius 3 is 2.79 bits per heavy atom. The minimum atomic E-state index is -0.130. The van der Waals surface area contributed by atoms with E-state index in [1.54, 1.807) is 6.07 Å². The summed E-state index contributed by atoms with van der Waals surface area (Å²) in [7, 11) is 2.15. The predicted octanol–water partition coefficient (Wildman–Crippen LogP) is 1.81. The van der Waals surface area contributed by atoms with Crippen LogP contribution in [0.3, 0.4) is 0 Å². The van der Waals surface area contributed by atoms with Gasteiger partial charge in [0.1, 0.15) is 5.82 Å². The molecule has 106 valence electrons. The second-order valence-electron chi connectivity index (χ2n) is 5.53. The Hall–Kier alpha value is -0.970. The monoisotopic (exact) mass is 265 g/mol. The maximum atomic E-state index is 14.2. The molecule has 2 N–H and O–H groups in total. The second-order valence-corrected chi connectivity index (χ2v) is 5.53. The van der Waals surface area contributed by atoms with E-state index in [1.807, 2.05) is 12.1 Å². The SMILES string of the molecule is CC1CN(C)CCCN1Cc1cccc(CN)c1F. The van der Waals surface area contributed by atoms with Gasteiger partial charge in [0.05, 0.1) is 0 Å². The molecule has 0 amide bonds. The van der Waals surface area contributed by atoms with Crippen LogP contribution in [0.5, 0.6) is 0 Å². The van der Waals surface area contributed by atoms with Crippen molar-refractivity contribution in [1.82, 2.24) is 9.80 Å². The van der Waals surface area contributed by atoms with E-state index in [2.05, 4.69) is 23.8 Å². The fourth-order valence-electron chi connectivity index (χ4n) is 2.79. The minimum absolute atomic E-state index is 0.130. The molecule has 1 unspecified atom stereocenters. The largest absolute Gasteiger partial charge is 0.326 e. The smallest absolute Gasteiger partial charge is 0.132 e. The molecular weight excluding hydrogens is 241 g/mol. The van der Waals surface area contributed by atoms with E-state index < -0.39 is 0 Å². The van der Waals surface area contributed by atoms with Crippen molar-refractivity contribution >= 4 is 0 Å². The molecule has 2 rings (SSSR count). The van der Waals surface area contributed by atoms with Crippen LogP contribution in [0.15, 0.2) is 18.2 Å². The van der Waals surface area contributed by atoms with Gasteiger partial charge in [0.25, 0.3) is 0 Å². The molecule has 1 aromatic rings. The summed E-state index contributed by atoms with van der Waals surface area (Å²) in [6.45, 7) is 6.33.